The van der Waals surface area contributed by atoms with Gasteiger partial charge in [-0.25, -0.2) is 0 Å². The van der Waals surface area contributed by atoms with Crippen LogP contribution in [-0.4, -0.2) is 4.98 Å². The molecule has 0 saturated carbocycles. The molecule has 80 valence electrons. The smallest absolute Gasteiger partial charge is 0.0346 e. The molecule has 0 bridgehead atoms. The van der Waals surface area contributed by atoms with Gasteiger partial charge >= 0.3 is 35.3 Å². The zero-order valence-corrected chi connectivity index (χ0v) is 11.1. The summed E-state index contributed by atoms with van der Waals surface area (Å²) < 4.78 is 0. The number of hydrogen-bond acceptors (Lipinski definition) is 2. The summed E-state index contributed by atoms with van der Waals surface area (Å²) in [4.78, 5) is 4.01. The van der Waals surface area contributed by atoms with Crippen molar-refractivity contribution in [3.05, 3.63) is 42.7 Å². The summed E-state index contributed by atoms with van der Waals surface area (Å²) in [6.45, 7) is 0. The average molecular weight is 412 g/mol. The molecule has 14 heavy (non-hydrogen) atoms. The van der Waals surface area contributed by atoms with Gasteiger partial charge in [0.25, 0.3) is 0 Å². The Labute approximate surface area is 99.6 Å². The summed E-state index contributed by atoms with van der Waals surface area (Å²) >= 11 is -0.472. The van der Waals surface area contributed by atoms with Crippen molar-refractivity contribution in [2.45, 2.75) is 0 Å². The Kier molecular flexibility index (Phi) is 8.11. The molecule has 0 aliphatic rings. The van der Waals surface area contributed by atoms with Gasteiger partial charge in [0, 0.05) is 12.4 Å². The fourth-order valence-corrected chi connectivity index (χ4v) is 1.03. The van der Waals surface area contributed by atoms with Gasteiger partial charge in [0.05, 0.1) is 0 Å². The monoisotopic (exact) mass is 411 g/mol. The largest absolute Gasteiger partial charge is 0.264 e. The predicted molar refractivity (Wildman–Crippen MR) is 58.5 cm³/mol. The van der Waals surface area contributed by atoms with Crippen LogP contribution in [0.15, 0.2) is 42.7 Å². The first-order valence-corrected chi connectivity index (χ1v) is 9.12. The first kappa shape index (κ1) is 13.9. The van der Waals surface area contributed by atoms with Crippen molar-refractivity contribution in [2.24, 2.45) is 0 Å². The molecule has 1 heterocycles. The summed E-state index contributed by atoms with van der Waals surface area (Å²) in [5.74, 6) is 0. The Balaban J connectivity index is 0.000000381. The second-order valence-electron chi connectivity index (χ2n) is 2.27. The predicted octanol–water partition coefficient (Wildman–Crippen LogP) is 3.77. The van der Waals surface area contributed by atoms with E-state index in [0.717, 1.165) is 0 Å². The minimum absolute atomic E-state index is 0. The maximum absolute atomic E-state index is 4.88. The molecule has 1 aromatic carbocycles. The molecule has 3 N–H and O–H groups in total. The van der Waals surface area contributed by atoms with Crippen molar-refractivity contribution in [1.82, 2.24) is 11.1 Å². The Morgan fingerprint density at radius 1 is 1.00 bits per heavy atom. The summed E-state index contributed by atoms with van der Waals surface area (Å²) in [6.07, 6.45) is 3.68. The molecule has 1 aromatic heterocycles. The number of halogens is 2. The number of hydrogen-bond donors (Lipinski definition) is 1. The number of fused-ring (bicyclic) bond motifs is 1. The van der Waals surface area contributed by atoms with E-state index >= 15 is 0 Å². The van der Waals surface area contributed by atoms with Gasteiger partial charge in [0.2, 0.25) is 0 Å². The fraction of sp³-hybridized carbons (Fsp3) is 0. The van der Waals surface area contributed by atoms with E-state index in [2.05, 4.69) is 17.1 Å². The number of nitrogens with zero attached hydrogens (tertiary/aromatic N) is 1. The number of aromatic nitrogens is 1. The van der Waals surface area contributed by atoms with Crippen molar-refractivity contribution < 1.29 is 16.5 Å². The average Bonchev–Trinajstić information content (AvgIpc) is 2.19. The van der Waals surface area contributed by atoms with E-state index in [0.29, 0.717) is 0 Å². The minimum Gasteiger partial charge on any atom is -0.264 e. The first-order valence-electron chi connectivity index (χ1n) is 3.49. The van der Waals surface area contributed by atoms with Gasteiger partial charge in [-0.2, -0.15) is 0 Å². The molecule has 0 saturated heterocycles. The Morgan fingerprint density at radius 3 is 2.14 bits per heavy atom. The van der Waals surface area contributed by atoms with Crippen LogP contribution in [0.25, 0.3) is 10.8 Å². The molecule has 2 rings (SSSR count). The molecule has 0 atom stereocenters. The molecule has 0 spiro atoms. The third kappa shape index (κ3) is 4.38. The first-order chi connectivity index (χ1) is 6.38. The molecule has 0 fully saturated rings. The molecular formula is C9H10Cl2N2Pt. The number of rotatable bonds is 0. The molecule has 0 unspecified atom stereocenters. The molecule has 0 aliphatic heterocycles. The zero-order valence-electron chi connectivity index (χ0n) is 7.27. The normalized spacial score (nSPS) is 8.71. The quantitative estimate of drug-likeness (QED) is 0.717. The van der Waals surface area contributed by atoms with Crippen LogP contribution in [0.2, 0.25) is 0 Å². The third-order valence-electron chi connectivity index (χ3n) is 1.55. The van der Waals surface area contributed by atoms with Gasteiger partial charge in [0.15, 0.2) is 0 Å². The van der Waals surface area contributed by atoms with Crippen molar-refractivity contribution >= 4 is 29.6 Å². The van der Waals surface area contributed by atoms with E-state index in [4.69, 9.17) is 18.8 Å². The van der Waals surface area contributed by atoms with E-state index < -0.39 is 16.5 Å². The second kappa shape index (κ2) is 8.19. The van der Waals surface area contributed by atoms with Crippen LogP contribution < -0.4 is 6.15 Å². The van der Waals surface area contributed by atoms with Crippen LogP contribution in [0.5, 0.6) is 0 Å². The van der Waals surface area contributed by atoms with Crippen molar-refractivity contribution in [3.8, 4) is 0 Å². The van der Waals surface area contributed by atoms with Crippen LogP contribution in [0.1, 0.15) is 0 Å². The molecule has 2 nitrogen and oxygen atoms in total. The van der Waals surface area contributed by atoms with Gasteiger partial charge in [-0.3, -0.25) is 4.98 Å². The second-order valence-corrected chi connectivity index (χ2v) is 5.55. The summed E-state index contributed by atoms with van der Waals surface area (Å²) in [5, 5.41) is 2.45. The number of pyridine rings is 1. The third-order valence-corrected chi connectivity index (χ3v) is 1.55. The Hall–Kier alpha value is -0.142. The maximum atomic E-state index is 4.88. The van der Waals surface area contributed by atoms with E-state index in [9.17, 15) is 0 Å². The Morgan fingerprint density at radius 2 is 1.57 bits per heavy atom. The van der Waals surface area contributed by atoms with Crippen LogP contribution in [0.3, 0.4) is 0 Å². The minimum atomic E-state index is -0.472. The fourth-order valence-electron chi connectivity index (χ4n) is 1.03. The van der Waals surface area contributed by atoms with E-state index in [1.165, 1.54) is 10.8 Å². The van der Waals surface area contributed by atoms with E-state index in [-0.39, 0.29) is 6.15 Å². The van der Waals surface area contributed by atoms with Gasteiger partial charge in [-0.15, -0.1) is 0 Å². The summed E-state index contributed by atoms with van der Waals surface area (Å²) in [5.41, 5.74) is 0. The van der Waals surface area contributed by atoms with Crippen LogP contribution in [0, 0.1) is 0 Å². The molecule has 0 radical (unpaired) electrons. The molecular weight excluding hydrogens is 402 g/mol. The van der Waals surface area contributed by atoms with Crippen LogP contribution in [-0.2, 0) is 16.5 Å². The van der Waals surface area contributed by atoms with Crippen molar-refractivity contribution in [3.63, 3.8) is 0 Å². The van der Waals surface area contributed by atoms with Gasteiger partial charge in [-0.1, -0.05) is 24.3 Å². The van der Waals surface area contributed by atoms with Crippen LogP contribution >= 0.6 is 18.8 Å². The van der Waals surface area contributed by atoms with Gasteiger partial charge in [-0.05, 0) is 16.8 Å². The molecule has 0 aliphatic carbocycles. The van der Waals surface area contributed by atoms with E-state index in [1.807, 2.05) is 30.6 Å². The van der Waals surface area contributed by atoms with Crippen molar-refractivity contribution in [1.29, 1.82) is 0 Å². The maximum Gasteiger partial charge on any atom is 0.0346 e. The molecule has 2 aromatic rings. The topological polar surface area (TPSA) is 47.9 Å². The number of benzene rings is 1. The zero-order chi connectivity index (χ0) is 9.52. The summed E-state index contributed by atoms with van der Waals surface area (Å²) in [6, 6.07) is 10.2. The van der Waals surface area contributed by atoms with Crippen LogP contribution in [0.4, 0.5) is 0 Å². The van der Waals surface area contributed by atoms with Gasteiger partial charge < -0.3 is 6.15 Å². The van der Waals surface area contributed by atoms with Crippen molar-refractivity contribution in [2.75, 3.05) is 0 Å². The standard InChI is InChI=1S/C9H7N.2ClH.H3N.Pt/c1-2-4-9-7-10-6-5-8(9)3-1;;;;/h1-7H;2*1H;1H3;/q;;;;+2/p-2. The van der Waals surface area contributed by atoms with Gasteiger partial charge in [0.1, 0.15) is 0 Å². The Bertz CT molecular complexity index is 305. The van der Waals surface area contributed by atoms with E-state index in [1.54, 1.807) is 0 Å². The molecule has 0 amide bonds. The molecule has 5 heteroatoms. The summed E-state index contributed by atoms with van der Waals surface area (Å²) in [7, 11) is 9.75. The SMILES string of the molecule is N.[Cl][Pt][Cl].c1ccc2cnccc2c1.